The van der Waals surface area contributed by atoms with E-state index in [-0.39, 0.29) is 22.9 Å². The molecule has 2 aromatic rings. The second-order valence-electron chi connectivity index (χ2n) is 6.33. The van der Waals surface area contributed by atoms with Crippen molar-refractivity contribution < 1.29 is 26.3 Å². The number of aromatic nitrogens is 1. The van der Waals surface area contributed by atoms with E-state index in [4.69, 9.17) is 0 Å². The molecule has 3 rings (SSSR count). The minimum atomic E-state index is -4.50. The van der Waals surface area contributed by atoms with E-state index in [1.54, 1.807) is 12.1 Å². The van der Waals surface area contributed by atoms with Gasteiger partial charge in [0.1, 0.15) is 0 Å². The molecule has 0 fully saturated rings. The Hall–Kier alpha value is -2.13. The van der Waals surface area contributed by atoms with Crippen molar-refractivity contribution in [1.29, 1.82) is 0 Å². The molecule has 0 radical (unpaired) electrons. The second-order valence-corrected chi connectivity index (χ2v) is 8.10. The van der Waals surface area contributed by atoms with Gasteiger partial charge in [-0.25, -0.2) is 18.1 Å². The molecule has 0 unspecified atom stereocenters. The first-order valence-corrected chi connectivity index (χ1v) is 9.98. The molecule has 0 saturated carbocycles. The fourth-order valence-electron chi connectivity index (χ4n) is 2.97. The van der Waals surface area contributed by atoms with Crippen molar-refractivity contribution in [1.82, 2.24) is 9.71 Å². The maximum absolute atomic E-state index is 12.6. The molecular weight excluding hydrogens is 381 g/mol. The molecule has 5 nitrogen and oxygen atoms in total. The molecule has 1 aliphatic rings. The lowest BCUT2D eigenvalue weighted by molar-refractivity contribution is -0.154. The number of hydrogen-bond donors (Lipinski definition) is 1. The van der Waals surface area contributed by atoms with Crippen molar-refractivity contribution in [2.24, 2.45) is 0 Å². The average molecular weight is 400 g/mol. The Morgan fingerprint density at radius 2 is 1.85 bits per heavy atom. The molecule has 0 amide bonds. The average Bonchev–Trinajstić information content (AvgIpc) is 2.64. The fraction of sp³-hybridized carbons (Fsp3) is 0.389. The van der Waals surface area contributed by atoms with Crippen molar-refractivity contribution in [3.05, 3.63) is 53.2 Å². The minimum Gasteiger partial charge on any atom is -0.468 e. The molecule has 0 saturated heterocycles. The Morgan fingerprint density at radius 1 is 1.11 bits per heavy atom. The summed E-state index contributed by atoms with van der Waals surface area (Å²) < 4.78 is 69.2. The van der Waals surface area contributed by atoms with Crippen LogP contribution in [0.4, 0.5) is 13.2 Å². The lowest BCUT2D eigenvalue weighted by Crippen LogP contribution is -2.25. The Bertz CT molecular complexity index is 914. The first kappa shape index (κ1) is 19.6. The molecule has 0 bridgehead atoms. The summed E-state index contributed by atoms with van der Waals surface area (Å²) in [5, 5.41) is 0. The molecule has 1 aliphatic carbocycles. The topological polar surface area (TPSA) is 68.3 Å². The number of pyridine rings is 1. The van der Waals surface area contributed by atoms with E-state index in [1.165, 1.54) is 18.3 Å². The van der Waals surface area contributed by atoms with Gasteiger partial charge >= 0.3 is 6.18 Å². The van der Waals surface area contributed by atoms with Crippen LogP contribution in [0.15, 0.2) is 41.4 Å². The van der Waals surface area contributed by atoms with Crippen LogP contribution in [0.1, 0.15) is 29.5 Å². The maximum atomic E-state index is 12.6. The molecule has 27 heavy (non-hydrogen) atoms. The van der Waals surface area contributed by atoms with Gasteiger partial charge in [0.25, 0.3) is 0 Å². The highest BCUT2D eigenvalue weighted by Crippen LogP contribution is 2.25. The van der Waals surface area contributed by atoms with Crippen LogP contribution in [0, 0.1) is 0 Å². The fourth-order valence-corrected chi connectivity index (χ4v) is 4.03. The molecule has 1 aromatic carbocycles. The molecule has 146 valence electrons. The number of fused-ring (bicyclic) bond motifs is 1. The highest BCUT2D eigenvalue weighted by molar-refractivity contribution is 7.89. The summed E-state index contributed by atoms with van der Waals surface area (Å²) in [6, 6.07) is 8.01. The van der Waals surface area contributed by atoms with Gasteiger partial charge in [0, 0.05) is 18.3 Å². The summed E-state index contributed by atoms with van der Waals surface area (Å²) in [7, 11) is -3.81. The van der Waals surface area contributed by atoms with Gasteiger partial charge in [0.2, 0.25) is 15.9 Å². The van der Waals surface area contributed by atoms with Gasteiger partial charge < -0.3 is 4.74 Å². The lowest BCUT2D eigenvalue weighted by Gasteiger charge is -2.17. The van der Waals surface area contributed by atoms with Crippen LogP contribution in [-0.4, -0.2) is 26.2 Å². The van der Waals surface area contributed by atoms with Crippen LogP contribution < -0.4 is 9.46 Å². The molecule has 0 atom stereocenters. The predicted molar refractivity (Wildman–Crippen MR) is 92.9 cm³/mol. The van der Waals surface area contributed by atoms with Crippen LogP contribution in [0.3, 0.4) is 0 Å². The number of hydrogen-bond acceptors (Lipinski definition) is 4. The number of sulfonamides is 1. The van der Waals surface area contributed by atoms with Crippen LogP contribution in [0.25, 0.3) is 0 Å². The first-order chi connectivity index (χ1) is 12.7. The van der Waals surface area contributed by atoms with Gasteiger partial charge in [-0.05, 0) is 55.0 Å². The van der Waals surface area contributed by atoms with E-state index in [0.717, 1.165) is 36.8 Å². The normalized spacial score (nSPS) is 14.6. The monoisotopic (exact) mass is 400 g/mol. The summed E-state index contributed by atoms with van der Waals surface area (Å²) in [5.41, 5.74) is 2.42. The zero-order valence-corrected chi connectivity index (χ0v) is 15.2. The number of halogens is 3. The van der Waals surface area contributed by atoms with Gasteiger partial charge in [0.15, 0.2) is 6.61 Å². The Labute approximate surface area is 155 Å². The zero-order chi connectivity index (χ0) is 19.5. The van der Waals surface area contributed by atoms with E-state index in [0.29, 0.717) is 0 Å². The van der Waals surface area contributed by atoms with Crippen LogP contribution in [0.2, 0.25) is 0 Å². The molecular formula is C18H19F3N2O3S. The quantitative estimate of drug-likeness (QED) is 0.807. The van der Waals surface area contributed by atoms with Gasteiger partial charge in [-0.1, -0.05) is 12.1 Å². The minimum absolute atomic E-state index is 0.143. The summed E-state index contributed by atoms with van der Waals surface area (Å²) in [6.45, 7) is -1.71. The van der Waals surface area contributed by atoms with Crippen molar-refractivity contribution in [3.63, 3.8) is 0 Å². The second kappa shape index (κ2) is 7.85. The van der Waals surface area contributed by atoms with Crippen molar-refractivity contribution >= 4 is 10.0 Å². The van der Waals surface area contributed by atoms with Crippen LogP contribution in [-0.2, 0) is 29.4 Å². The molecule has 0 aliphatic heterocycles. The maximum Gasteiger partial charge on any atom is 0.422 e. The molecule has 9 heteroatoms. The highest BCUT2D eigenvalue weighted by Gasteiger charge is 2.29. The molecule has 1 aromatic heterocycles. The van der Waals surface area contributed by atoms with E-state index >= 15 is 0 Å². The number of benzene rings is 1. The van der Waals surface area contributed by atoms with Gasteiger partial charge in [0.05, 0.1) is 4.90 Å². The van der Waals surface area contributed by atoms with Crippen molar-refractivity contribution in [2.45, 2.75) is 43.3 Å². The zero-order valence-electron chi connectivity index (χ0n) is 14.4. The third-order valence-corrected chi connectivity index (χ3v) is 5.70. The number of ether oxygens (including phenoxy) is 1. The molecule has 0 spiro atoms. The van der Waals surface area contributed by atoms with Crippen molar-refractivity contribution in [2.75, 3.05) is 6.61 Å². The predicted octanol–water partition coefficient (Wildman–Crippen LogP) is 3.38. The largest absolute Gasteiger partial charge is 0.468 e. The standard InChI is InChI=1S/C18H19F3N2O3S/c19-18(20,21)12-26-17-15(6-3-9-22-17)11-23-27(24,25)16-8-7-13-4-1-2-5-14(13)10-16/h3,6-10,23H,1-2,4-5,11-12H2. The summed E-state index contributed by atoms with van der Waals surface area (Å²) in [6.07, 6.45) is 0.693. The van der Waals surface area contributed by atoms with Gasteiger partial charge in [-0.15, -0.1) is 0 Å². The summed E-state index contributed by atoms with van der Waals surface area (Å²) >= 11 is 0. The number of rotatable bonds is 6. The third kappa shape index (κ3) is 5.20. The number of nitrogens with zero attached hydrogens (tertiary/aromatic N) is 1. The summed E-state index contributed by atoms with van der Waals surface area (Å²) in [4.78, 5) is 3.90. The summed E-state index contributed by atoms with van der Waals surface area (Å²) in [5.74, 6) is -0.247. The first-order valence-electron chi connectivity index (χ1n) is 8.49. The Balaban J connectivity index is 1.72. The van der Waals surface area contributed by atoms with E-state index in [9.17, 15) is 21.6 Å². The van der Waals surface area contributed by atoms with Crippen molar-refractivity contribution in [3.8, 4) is 5.88 Å². The van der Waals surface area contributed by atoms with E-state index in [2.05, 4.69) is 14.4 Å². The van der Waals surface area contributed by atoms with E-state index < -0.39 is 22.8 Å². The van der Waals surface area contributed by atoms with Crippen LogP contribution >= 0.6 is 0 Å². The van der Waals surface area contributed by atoms with E-state index in [1.807, 2.05) is 6.07 Å². The lowest BCUT2D eigenvalue weighted by atomic mass is 9.92. The Kier molecular flexibility index (Phi) is 5.71. The smallest absolute Gasteiger partial charge is 0.422 e. The number of aryl methyl sites for hydroxylation is 2. The van der Waals surface area contributed by atoms with Crippen LogP contribution in [0.5, 0.6) is 5.88 Å². The molecule has 1 heterocycles. The number of nitrogens with one attached hydrogen (secondary N) is 1. The third-order valence-electron chi connectivity index (χ3n) is 4.31. The SMILES string of the molecule is O=S(=O)(NCc1cccnc1OCC(F)(F)F)c1ccc2c(c1)CCCC2. The number of alkyl halides is 3. The highest BCUT2D eigenvalue weighted by atomic mass is 32.2. The van der Waals surface area contributed by atoms with Gasteiger partial charge in [-0.3, -0.25) is 0 Å². The van der Waals surface area contributed by atoms with Gasteiger partial charge in [-0.2, -0.15) is 13.2 Å². The molecule has 1 N–H and O–H groups in total. The Morgan fingerprint density at radius 3 is 2.59 bits per heavy atom.